The first-order valence-corrected chi connectivity index (χ1v) is 8.34. The summed E-state index contributed by atoms with van der Waals surface area (Å²) >= 11 is 0. The van der Waals surface area contributed by atoms with Crippen molar-refractivity contribution in [3.63, 3.8) is 0 Å². The second-order valence-electron chi connectivity index (χ2n) is 5.50. The third kappa shape index (κ3) is 6.14. The molecular formula is C21H21FO4. The van der Waals surface area contributed by atoms with Gasteiger partial charge in [-0.05, 0) is 48.7 Å². The molecule has 26 heavy (non-hydrogen) atoms. The maximum atomic E-state index is 14.2. The van der Waals surface area contributed by atoms with Gasteiger partial charge in [0.1, 0.15) is 19.0 Å². The predicted molar refractivity (Wildman–Crippen MR) is 96.5 cm³/mol. The van der Waals surface area contributed by atoms with Gasteiger partial charge in [0.25, 0.3) is 0 Å². The number of esters is 1. The van der Waals surface area contributed by atoms with Gasteiger partial charge in [0.05, 0.1) is 6.61 Å². The molecule has 136 valence electrons. The molecule has 0 saturated carbocycles. The van der Waals surface area contributed by atoms with Gasteiger partial charge < -0.3 is 14.2 Å². The van der Waals surface area contributed by atoms with Gasteiger partial charge in [-0.3, -0.25) is 4.79 Å². The third-order valence-electron chi connectivity index (χ3n) is 3.53. The van der Waals surface area contributed by atoms with Gasteiger partial charge in [-0.25, -0.2) is 4.39 Å². The summed E-state index contributed by atoms with van der Waals surface area (Å²) in [6.45, 7) is 2.48. The van der Waals surface area contributed by atoms with E-state index in [0.717, 1.165) is 5.56 Å². The molecule has 0 aliphatic heterocycles. The molecule has 0 spiro atoms. The average Bonchev–Trinajstić information content (AvgIpc) is 2.64. The second kappa shape index (κ2) is 10.1. The molecule has 0 aliphatic rings. The van der Waals surface area contributed by atoms with Crippen molar-refractivity contribution in [1.29, 1.82) is 0 Å². The molecule has 0 saturated heterocycles. The molecule has 0 N–H and O–H groups in total. The highest BCUT2D eigenvalue weighted by molar-refractivity contribution is 5.69. The molecule has 2 rings (SSSR count). The lowest BCUT2D eigenvalue weighted by Crippen LogP contribution is -2.05. The van der Waals surface area contributed by atoms with E-state index in [1.807, 2.05) is 12.1 Å². The van der Waals surface area contributed by atoms with Crippen LogP contribution in [0.15, 0.2) is 42.5 Å². The van der Waals surface area contributed by atoms with Gasteiger partial charge in [0.2, 0.25) is 0 Å². The highest BCUT2D eigenvalue weighted by Gasteiger charge is 2.08. The number of halogens is 1. The lowest BCUT2D eigenvalue weighted by atomic mass is 10.1. The molecule has 0 heterocycles. The molecule has 4 nitrogen and oxygen atoms in total. The fourth-order valence-corrected chi connectivity index (χ4v) is 2.31. The van der Waals surface area contributed by atoms with Crippen molar-refractivity contribution in [3.05, 3.63) is 59.4 Å². The second-order valence-corrected chi connectivity index (χ2v) is 5.50. The summed E-state index contributed by atoms with van der Waals surface area (Å²) in [4.78, 5) is 11.4. The Kier molecular flexibility index (Phi) is 7.50. The SMILES string of the molecule is C#CCOc1cccc(COc2ccc(CCC(=O)OCC)cc2F)c1. The number of carbonyl (C=O) groups excluding carboxylic acids is 1. The number of rotatable bonds is 9. The molecule has 2 aromatic rings. The molecule has 0 amide bonds. The van der Waals surface area contributed by atoms with Crippen molar-refractivity contribution in [2.45, 2.75) is 26.4 Å². The van der Waals surface area contributed by atoms with Gasteiger partial charge in [0.15, 0.2) is 11.6 Å². The van der Waals surface area contributed by atoms with Crippen LogP contribution in [0.1, 0.15) is 24.5 Å². The van der Waals surface area contributed by atoms with E-state index in [-0.39, 0.29) is 31.4 Å². The van der Waals surface area contributed by atoms with E-state index in [2.05, 4.69) is 5.92 Å². The standard InChI is InChI=1S/C21H21FO4/c1-3-12-25-18-7-5-6-17(13-18)15-26-20-10-8-16(14-19(20)22)9-11-21(23)24-4-2/h1,5-8,10,13-14H,4,9,11-12,15H2,2H3. The van der Waals surface area contributed by atoms with Crippen LogP contribution in [0.5, 0.6) is 11.5 Å². The Morgan fingerprint density at radius 1 is 1.15 bits per heavy atom. The number of hydrogen-bond donors (Lipinski definition) is 0. The van der Waals surface area contributed by atoms with Gasteiger partial charge in [-0.15, -0.1) is 6.42 Å². The van der Waals surface area contributed by atoms with E-state index in [9.17, 15) is 9.18 Å². The Morgan fingerprint density at radius 2 is 2.00 bits per heavy atom. The van der Waals surface area contributed by atoms with Crippen LogP contribution < -0.4 is 9.47 Å². The Labute approximate surface area is 152 Å². The van der Waals surface area contributed by atoms with E-state index in [1.54, 1.807) is 31.2 Å². The van der Waals surface area contributed by atoms with Crippen molar-refractivity contribution in [2.75, 3.05) is 13.2 Å². The average molecular weight is 356 g/mol. The number of carbonyl (C=O) groups is 1. The number of hydrogen-bond acceptors (Lipinski definition) is 4. The summed E-state index contributed by atoms with van der Waals surface area (Å²) in [7, 11) is 0. The summed E-state index contributed by atoms with van der Waals surface area (Å²) in [5.41, 5.74) is 1.55. The zero-order valence-electron chi connectivity index (χ0n) is 14.7. The van der Waals surface area contributed by atoms with Crippen LogP contribution in [0, 0.1) is 18.2 Å². The fourth-order valence-electron chi connectivity index (χ4n) is 2.31. The molecule has 0 aromatic heterocycles. The Balaban J connectivity index is 1.92. The van der Waals surface area contributed by atoms with Gasteiger partial charge in [0, 0.05) is 6.42 Å². The summed E-state index contributed by atoms with van der Waals surface area (Å²) < 4.78 is 29.9. The fraction of sp³-hybridized carbons (Fsp3) is 0.286. The number of benzene rings is 2. The first kappa shape index (κ1) is 19.3. The molecule has 0 bridgehead atoms. The van der Waals surface area contributed by atoms with E-state index in [0.29, 0.717) is 24.3 Å². The third-order valence-corrected chi connectivity index (χ3v) is 3.53. The lowest BCUT2D eigenvalue weighted by molar-refractivity contribution is -0.143. The van der Waals surface area contributed by atoms with E-state index >= 15 is 0 Å². The Bertz CT molecular complexity index is 780. The zero-order chi connectivity index (χ0) is 18.8. The van der Waals surface area contributed by atoms with Crippen LogP contribution in [0.3, 0.4) is 0 Å². The smallest absolute Gasteiger partial charge is 0.306 e. The van der Waals surface area contributed by atoms with Crippen LogP contribution in [0.25, 0.3) is 0 Å². The Hall–Kier alpha value is -3.00. The summed E-state index contributed by atoms with van der Waals surface area (Å²) in [6, 6.07) is 11.9. The van der Waals surface area contributed by atoms with Crippen molar-refractivity contribution in [2.24, 2.45) is 0 Å². The first-order valence-electron chi connectivity index (χ1n) is 8.34. The molecule has 0 fully saturated rings. The summed E-state index contributed by atoms with van der Waals surface area (Å²) in [6.07, 6.45) is 5.81. The summed E-state index contributed by atoms with van der Waals surface area (Å²) in [5.74, 6) is 2.43. The number of terminal acetylenes is 1. The van der Waals surface area contributed by atoms with Crippen molar-refractivity contribution in [3.8, 4) is 23.8 Å². The monoisotopic (exact) mass is 356 g/mol. The van der Waals surface area contributed by atoms with E-state index in [4.69, 9.17) is 20.6 Å². The minimum atomic E-state index is -0.467. The predicted octanol–water partition coefficient (Wildman–Crippen LogP) is 3.91. The summed E-state index contributed by atoms with van der Waals surface area (Å²) in [5, 5.41) is 0. The lowest BCUT2D eigenvalue weighted by Gasteiger charge is -2.10. The van der Waals surface area contributed by atoms with Crippen LogP contribution in [0.4, 0.5) is 4.39 Å². The molecule has 0 aliphatic carbocycles. The molecule has 0 atom stereocenters. The quantitative estimate of drug-likeness (QED) is 0.505. The highest BCUT2D eigenvalue weighted by Crippen LogP contribution is 2.21. The largest absolute Gasteiger partial charge is 0.486 e. The maximum absolute atomic E-state index is 14.2. The van der Waals surface area contributed by atoms with E-state index in [1.165, 1.54) is 6.07 Å². The Morgan fingerprint density at radius 3 is 2.73 bits per heavy atom. The van der Waals surface area contributed by atoms with Crippen LogP contribution in [-0.2, 0) is 22.6 Å². The molecule has 2 aromatic carbocycles. The van der Waals surface area contributed by atoms with Crippen LogP contribution in [-0.4, -0.2) is 19.2 Å². The maximum Gasteiger partial charge on any atom is 0.306 e. The topological polar surface area (TPSA) is 44.8 Å². The molecule has 0 radical (unpaired) electrons. The van der Waals surface area contributed by atoms with Gasteiger partial charge in [-0.1, -0.05) is 24.1 Å². The zero-order valence-corrected chi connectivity index (χ0v) is 14.7. The van der Waals surface area contributed by atoms with Crippen molar-refractivity contribution in [1.82, 2.24) is 0 Å². The molecular weight excluding hydrogens is 335 g/mol. The minimum Gasteiger partial charge on any atom is -0.486 e. The molecule has 0 unspecified atom stereocenters. The molecule has 5 heteroatoms. The van der Waals surface area contributed by atoms with Gasteiger partial charge >= 0.3 is 5.97 Å². The number of aryl methyl sites for hydroxylation is 1. The van der Waals surface area contributed by atoms with Crippen LogP contribution in [0.2, 0.25) is 0 Å². The highest BCUT2D eigenvalue weighted by atomic mass is 19.1. The first-order chi connectivity index (χ1) is 12.6. The van der Waals surface area contributed by atoms with Crippen molar-refractivity contribution >= 4 is 5.97 Å². The van der Waals surface area contributed by atoms with Gasteiger partial charge in [-0.2, -0.15) is 0 Å². The van der Waals surface area contributed by atoms with Crippen LogP contribution >= 0.6 is 0 Å². The van der Waals surface area contributed by atoms with E-state index < -0.39 is 5.82 Å². The minimum absolute atomic E-state index is 0.153. The number of ether oxygens (including phenoxy) is 3. The van der Waals surface area contributed by atoms with Crippen molar-refractivity contribution < 1.29 is 23.4 Å². The normalized spacial score (nSPS) is 10.0.